The number of para-hydroxylation sites is 1. The van der Waals surface area contributed by atoms with E-state index < -0.39 is 20.6 Å². The number of nitrogens with zero attached hydrogens (tertiary/aromatic N) is 2. The number of sulfonamides is 1. The van der Waals surface area contributed by atoms with E-state index in [1.54, 1.807) is 19.1 Å². The summed E-state index contributed by atoms with van der Waals surface area (Å²) in [4.78, 5) is 10.1. The van der Waals surface area contributed by atoms with Gasteiger partial charge in [0.15, 0.2) is 4.90 Å². The number of rotatable bonds is 3. The van der Waals surface area contributed by atoms with Gasteiger partial charge in [-0.1, -0.05) is 29.8 Å². The Kier molecular flexibility index (Phi) is 3.77. The summed E-state index contributed by atoms with van der Waals surface area (Å²) in [6.45, 7) is 1.78. The smallest absolute Gasteiger partial charge is 0.263 e. The lowest BCUT2D eigenvalue weighted by Gasteiger charge is -2.24. The highest BCUT2D eigenvalue weighted by molar-refractivity contribution is 7.93. The molecule has 0 saturated heterocycles. The Bertz CT molecular complexity index is 898. The molecule has 0 aromatic heterocycles. The summed E-state index contributed by atoms with van der Waals surface area (Å²) in [5, 5.41) is 11.3. The van der Waals surface area contributed by atoms with E-state index in [-0.39, 0.29) is 16.0 Å². The SMILES string of the molecule is CC1Cc2ccccc2N1S(=O)(=O)c1ccc(Cl)cc1[N+](=O)[O-]. The zero-order valence-electron chi connectivity index (χ0n) is 12.1. The Labute approximate surface area is 138 Å². The van der Waals surface area contributed by atoms with Crippen LogP contribution in [0.5, 0.6) is 0 Å². The Balaban J connectivity index is 2.19. The van der Waals surface area contributed by atoms with E-state index in [2.05, 4.69) is 0 Å². The second-order valence-corrected chi connectivity index (χ2v) is 7.57. The number of nitro groups is 1. The third-order valence-electron chi connectivity index (χ3n) is 3.80. The van der Waals surface area contributed by atoms with E-state index in [1.807, 2.05) is 12.1 Å². The zero-order valence-corrected chi connectivity index (χ0v) is 13.7. The van der Waals surface area contributed by atoms with Crippen LogP contribution in [0, 0.1) is 10.1 Å². The van der Waals surface area contributed by atoms with E-state index in [0.717, 1.165) is 11.6 Å². The summed E-state index contributed by atoms with van der Waals surface area (Å²) in [6, 6.07) is 10.4. The van der Waals surface area contributed by atoms with Crippen LogP contribution >= 0.6 is 11.6 Å². The number of hydrogen-bond acceptors (Lipinski definition) is 4. The van der Waals surface area contributed by atoms with Crippen LogP contribution in [0.15, 0.2) is 47.4 Å². The maximum Gasteiger partial charge on any atom is 0.291 e. The quantitative estimate of drug-likeness (QED) is 0.626. The first kappa shape index (κ1) is 15.8. The highest BCUT2D eigenvalue weighted by Crippen LogP contribution is 2.39. The van der Waals surface area contributed by atoms with Crippen LogP contribution in [0.2, 0.25) is 5.02 Å². The molecule has 1 aliphatic rings. The minimum absolute atomic E-state index is 0.116. The van der Waals surface area contributed by atoms with Crippen molar-refractivity contribution in [1.29, 1.82) is 0 Å². The molecule has 0 aliphatic carbocycles. The standard InChI is InChI=1S/C15H13ClN2O4S/c1-10-8-11-4-2-3-5-13(11)17(10)23(21,22)15-7-6-12(16)9-14(15)18(19)20/h2-7,9-10H,8H2,1H3. The molecule has 120 valence electrons. The topological polar surface area (TPSA) is 80.5 Å². The molecule has 1 atom stereocenters. The van der Waals surface area contributed by atoms with E-state index >= 15 is 0 Å². The third kappa shape index (κ3) is 2.55. The van der Waals surface area contributed by atoms with E-state index in [4.69, 9.17) is 11.6 Å². The van der Waals surface area contributed by atoms with Gasteiger partial charge in [-0.05, 0) is 37.1 Å². The van der Waals surface area contributed by atoms with Crippen molar-refractivity contribution in [2.24, 2.45) is 0 Å². The molecule has 1 unspecified atom stereocenters. The molecule has 8 heteroatoms. The zero-order chi connectivity index (χ0) is 16.8. The summed E-state index contributed by atoms with van der Waals surface area (Å²) >= 11 is 5.77. The summed E-state index contributed by atoms with van der Waals surface area (Å²) in [7, 11) is -4.06. The summed E-state index contributed by atoms with van der Waals surface area (Å²) in [5.74, 6) is 0. The summed E-state index contributed by atoms with van der Waals surface area (Å²) in [6.07, 6.45) is 0.566. The average molecular weight is 353 g/mol. The van der Waals surface area contributed by atoms with E-state index in [9.17, 15) is 18.5 Å². The van der Waals surface area contributed by atoms with Gasteiger partial charge in [-0.2, -0.15) is 0 Å². The van der Waals surface area contributed by atoms with E-state index in [0.29, 0.717) is 12.1 Å². The molecule has 1 heterocycles. The molecule has 23 heavy (non-hydrogen) atoms. The maximum absolute atomic E-state index is 13.0. The molecule has 6 nitrogen and oxygen atoms in total. The predicted octanol–water partition coefficient (Wildman–Crippen LogP) is 3.39. The number of anilines is 1. The van der Waals surface area contributed by atoms with Gasteiger partial charge < -0.3 is 0 Å². The number of nitro benzene ring substituents is 1. The van der Waals surface area contributed by atoms with Gasteiger partial charge in [0.1, 0.15) is 0 Å². The molecule has 2 aromatic rings. The predicted molar refractivity (Wildman–Crippen MR) is 87.4 cm³/mol. The minimum atomic E-state index is -4.06. The Morgan fingerprint density at radius 3 is 2.65 bits per heavy atom. The summed E-state index contributed by atoms with van der Waals surface area (Å²) < 4.78 is 27.3. The van der Waals surface area contributed by atoms with Gasteiger partial charge in [0.2, 0.25) is 0 Å². The molecule has 0 saturated carbocycles. The second-order valence-electron chi connectivity index (χ2n) is 5.35. The summed E-state index contributed by atoms with van der Waals surface area (Å²) in [5.41, 5.74) is 0.943. The van der Waals surface area contributed by atoms with Crippen LogP contribution in [0.25, 0.3) is 0 Å². The molecule has 3 rings (SSSR count). The van der Waals surface area contributed by atoms with Crippen LogP contribution in [0.3, 0.4) is 0 Å². The number of benzene rings is 2. The number of halogens is 1. The molecule has 0 amide bonds. The third-order valence-corrected chi connectivity index (χ3v) is 6.01. The maximum atomic E-state index is 13.0. The first-order valence-electron chi connectivity index (χ1n) is 6.88. The van der Waals surface area contributed by atoms with Crippen LogP contribution < -0.4 is 4.31 Å². The first-order valence-corrected chi connectivity index (χ1v) is 8.70. The van der Waals surface area contributed by atoms with Crippen molar-refractivity contribution in [3.05, 3.63) is 63.2 Å². The molecule has 0 radical (unpaired) electrons. The van der Waals surface area contributed by atoms with Crippen molar-refractivity contribution in [2.75, 3.05) is 4.31 Å². The Hall–Kier alpha value is -2.12. The lowest BCUT2D eigenvalue weighted by molar-refractivity contribution is -0.387. The molecule has 0 N–H and O–H groups in total. The fourth-order valence-corrected chi connectivity index (χ4v) is 4.86. The van der Waals surface area contributed by atoms with Gasteiger partial charge in [-0.15, -0.1) is 0 Å². The van der Waals surface area contributed by atoms with Gasteiger partial charge >= 0.3 is 0 Å². The molecule has 0 fully saturated rings. The van der Waals surface area contributed by atoms with Crippen LogP contribution in [0.4, 0.5) is 11.4 Å². The monoisotopic (exact) mass is 352 g/mol. The van der Waals surface area contributed by atoms with E-state index in [1.165, 1.54) is 16.4 Å². The second kappa shape index (κ2) is 5.50. The molecule has 1 aliphatic heterocycles. The van der Waals surface area contributed by atoms with Gasteiger partial charge in [0.05, 0.1) is 10.6 Å². The van der Waals surface area contributed by atoms with Gasteiger partial charge in [0.25, 0.3) is 15.7 Å². The lowest BCUT2D eigenvalue weighted by atomic mass is 10.1. The van der Waals surface area contributed by atoms with Crippen molar-refractivity contribution < 1.29 is 13.3 Å². The fourth-order valence-electron chi connectivity index (χ4n) is 2.86. The molecule has 0 spiro atoms. The molecular formula is C15H13ClN2O4S. The number of hydrogen-bond donors (Lipinski definition) is 0. The van der Waals surface area contributed by atoms with Crippen LogP contribution in [-0.2, 0) is 16.4 Å². The largest absolute Gasteiger partial charge is 0.291 e. The van der Waals surface area contributed by atoms with Crippen molar-refractivity contribution in [2.45, 2.75) is 24.3 Å². The molecule has 2 aromatic carbocycles. The Morgan fingerprint density at radius 2 is 1.96 bits per heavy atom. The van der Waals surface area contributed by atoms with Crippen molar-refractivity contribution in [1.82, 2.24) is 0 Å². The van der Waals surface area contributed by atoms with Crippen LogP contribution in [0.1, 0.15) is 12.5 Å². The van der Waals surface area contributed by atoms with Crippen molar-refractivity contribution >= 4 is 33.0 Å². The van der Waals surface area contributed by atoms with Crippen LogP contribution in [-0.4, -0.2) is 19.4 Å². The lowest BCUT2D eigenvalue weighted by Crippen LogP contribution is -2.36. The van der Waals surface area contributed by atoms with Crippen molar-refractivity contribution in [3.63, 3.8) is 0 Å². The minimum Gasteiger partial charge on any atom is -0.263 e. The first-order chi connectivity index (χ1) is 10.8. The average Bonchev–Trinajstić information content (AvgIpc) is 2.83. The molecule has 0 bridgehead atoms. The van der Waals surface area contributed by atoms with Crippen molar-refractivity contribution in [3.8, 4) is 0 Å². The van der Waals surface area contributed by atoms with Gasteiger partial charge in [0, 0.05) is 17.1 Å². The normalized spacial score (nSPS) is 17.1. The number of fused-ring (bicyclic) bond motifs is 1. The Morgan fingerprint density at radius 1 is 1.26 bits per heavy atom. The highest BCUT2D eigenvalue weighted by atomic mass is 35.5. The van der Waals surface area contributed by atoms with Gasteiger partial charge in [-0.3, -0.25) is 14.4 Å². The fraction of sp³-hybridized carbons (Fsp3) is 0.200. The van der Waals surface area contributed by atoms with Gasteiger partial charge in [-0.25, -0.2) is 8.42 Å². The highest BCUT2D eigenvalue weighted by Gasteiger charge is 2.39. The molecular weight excluding hydrogens is 340 g/mol.